The molecule has 1 heterocycles. The van der Waals surface area contributed by atoms with Gasteiger partial charge in [0.15, 0.2) is 5.11 Å². The largest absolute Gasteiger partial charge is 0.487 e. The molecule has 5 nitrogen and oxygen atoms in total. The summed E-state index contributed by atoms with van der Waals surface area (Å²) in [5, 5.41) is 3.18. The van der Waals surface area contributed by atoms with Crippen molar-refractivity contribution in [3.8, 4) is 5.75 Å². The highest BCUT2D eigenvalue weighted by Crippen LogP contribution is 2.25. The number of carbonyl (C=O) groups is 1. The number of ether oxygens (including phenoxy) is 1. The molecule has 0 bridgehead atoms. The fourth-order valence-corrected chi connectivity index (χ4v) is 2.34. The van der Waals surface area contributed by atoms with Crippen LogP contribution in [0.15, 0.2) is 41.8 Å². The summed E-state index contributed by atoms with van der Waals surface area (Å²) in [6.45, 7) is 0.406. The van der Waals surface area contributed by atoms with Gasteiger partial charge in [-0.3, -0.25) is 15.2 Å². The van der Waals surface area contributed by atoms with Crippen LogP contribution in [0.4, 0.5) is 0 Å². The molecule has 3 N–H and O–H groups in total. The second kappa shape index (κ2) is 7.05. The van der Waals surface area contributed by atoms with Crippen molar-refractivity contribution in [2.75, 3.05) is 7.05 Å². The number of rotatable bonds is 4. The van der Waals surface area contributed by atoms with E-state index >= 15 is 0 Å². The summed E-state index contributed by atoms with van der Waals surface area (Å²) in [4.78, 5) is 12.6. The van der Waals surface area contributed by atoms with Gasteiger partial charge in [-0.2, -0.15) is 0 Å². The maximum absolute atomic E-state index is 12.1. The number of hydrogen-bond acceptors (Lipinski definition) is 4. The Balaban J connectivity index is 2.01. The molecule has 110 valence electrons. The third-order valence-electron chi connectivity index (χ3n) is 2.67. The third-order valence-corrected chi connectivity index (χ3v) is 3.84. The van der Waals surface area contributed by atoms with Crippen molar-refractivity contribution in [2.45, 2.75) is 6.61 Å². The summed E-state index contributed by atoms with van der Waals surface area (Å²) in [5.74, 6) is 0.237. The predicted molar refractivity (Wildman–Crippen MR) is 87.1 cm³/mol. The highest BCUT2D eigenvalue weighted by atomic mass is 32.1. The number of thiocarbonyl (C=S) groups is 1. The van der Waals surface area contributed by atoms with E-state index in [2.05, 4.69) is 5.43 Å². The fourth-order valence-electron chi connectivity index (χ4n) is 1.57. The van der Waals surface area contributed by atoms with E-state index < -0.39 is 0 Å². The Hall–Kier alpha value is -2.12. The third kappa shape index (κ3) is 4.17. The number of benzene rings is 1. The summed E-state index contributed by atoms with van der Waals surface area (Å²) in [5.41, 5.74) is 9.04. The SMILES string of the molecule is CN(NC(=O)c1sccc1OCc1ccccc1)C(N)=S. The van der Waals surface area contributed by atoms with E-state index in [1.165, 1.54) is 16.3 Å². The van der Waals surface area contributed by atoms with Gasteiger partial charge in [0, 0.05) is 7.05 Å². The van der Waals surface area contributed by atoms with Crippen LogP contribution in [0.2, 0.25) is 0 Å². The van der Waals surface area contributed by atoms with Crippen LogP contribution in [0.5, 0.6) is 5.75 Å². The van der Waals surface area contributed by atoms with Crippen LogP contribution in [0, 0.1) is 0 Å². The Bertz CT molecular complexity index is 628. The molecule has 0 saturated heterocycles. The molecule has 21 heavy (non-hydrogen) atoms. The topological polar surface area (TPSA) is 67.6 Å². The lowest BCUT2D eigenvalue weighted by Crippen LogP contribution is -2.45. The Labute approximate surface area is 132 Å². The quantitative estimate of drug-likeness (QED) is 0.667. The van der Waals surface area contributed by atoms with E-state index in [0.29, 0.717) is 17.2 Å². The zero-order chi connectivity index (χ0) is 15.2. The first-order chi connectivity index (χ1) is 10.1. The minimum Gasteiger partial charge on any atom is -0.487 e. The summed E-state index contributed by atoms with van der Waals surface area (Å²) in [7, 11) is 1.58. The Morgan fingerprint density at radius 3 is 2.76 bits per heavy atom. The van der Waals surface area contributed by atoms with E-state index in [1.807, 2.05) is 30.3 Å². The van der Waals surface area contributed by atoms with E-state index in [4.69, 9.17) is 22.7 Å². The average Bonchev–Trinajstić information content (AvgIpc) is 2.94. The van der Waals surface area contributed by atoms with Gasteiger partial charge in [-0.1, -0.05) is 30.3 Å². The molecule has 0 aliphatic heterocycles. The van der Waals surface area contributed by atoms with E-state index in [0.717, 1.165) is 5.56 Å². The van der Waals surface area contributed by atoms with E-state index in [-0.39, 0.29) is 11.0 Å². The van der Waals surface area contributed by atoms with Crippen LogP contribution in [0.3, 0.4) is 0 Å². The average molecular weight is 321 g/mol. The van der Waals surface area contributed by atoms with Crippen molar-refractivity contribution >= 4 is 34.6 Å². The number of nitrogens with one attached hydrogen (secondary N) is 1. The van der Waals surface area contributed by atoms with Gasteiger partial charge in [0.2, 0.25) is 0 Å². The molecule has 0 aliphatic rings. The summed E-state index contributed by atoms with van der Waals surface area (Å²) >= 11 is 6.07. The van der Waals surface area contributed by atoms with Crippen LogP contribution < -0.4 is 15.9 Å². The zero-order valence-corrected chi connectivity index (χ0v) is 13.0. The second-order valence-electron chi connectivity index (χ2n) is 4.23. The van der Waals surface area contributed by atoms with Gasteiger partial charge >= 0.3 is 0 Å². The highest BCUT2D eigenvalue weighted by Gasteiger charge is 2.16. The lowest BCUT2D eigenvalue weighted by Gasteiger charge is -2.17. The normalized spacial score (nSPS) is 9.95. The van der Waals surface area contributed by atoms with Crippen molar-refractivity contribution in [1.29, 1.82) is 0 Å². The first-order valence-electron chi connectivity index (χ1n) is 6.16. The Morgan fingerprint density at radius 1 is 1.38 bits per heavy atom. The molecule has 1 amide bonds. The molecular formula is C14H15N3O2S2. The standard InChI is InChI=1S/C14H15N3O2S2/c1-17(14(15)20)16-13(18)12-11(7-8-21-12)19-9-10-5-3-2-4-6-10/h2-8H,9H2,1H3,(H2,15,20)(H,16,18). The number of hydrazine groups is 1. The Kier molecular flexibility index (Phi) is 5.13. The summed E-state index contributed by atoms with van der Waals surface area (Å²) in [6.07, 6.45) is 0. The van der Waals surface area contributed by atoms with Crippen LogP contribution in [0.25, 0.3) is 0 Å². The maximum atomic E-state index is 12.1. The van der Waals surface area contributed by atoms with Crippen molar-refractivity contribution in [3.63, 3.8) is 0 Å². The molecule has 0 unspecified atom stereocenters. The number of thiophene rings is 1. The van der Waals surface area contributed by atoms with Crippen molar-refractivity contribution < 1.29 is 9.53 Å². The number of carbonyl (C=O) groups excluding carboxylic acids is 1. The second-order valence-corrected chi connectivity index (χ2v) is 5.56. The molecule has 7 heteroatoms. The van der Waals surface area contributed by atoms with Crippen LogP contribution in [0.1, 0.15) is 15.2 Å². The fraction of sp³-hybridized carbons (Fsp3) is 0.143. The minimum atomic E-state index is -0.302. The van der Waals surface area contributed by atoms with Gasteiger partial charge in [0.05, 0.1) is 0 Å². The van der Waals surface area contributed by atoms with Crippen LogP contribution in [-0.4, -0.2) is 23.1 Å². The molecule has 0 saturated carbocycles. The Morgan fingerprint density at radius 2 is 2.10 bits per heavy atom. The van der Waals surface area contributed by atoms with Gasteiger partial charge in [0.25, 0.3) is 5.91 Å². The van der Waals surface area contributed by atoms with Crippen LogP contribution in [-0.2, 0) is 6.61 Å². The molecule has 2 aromatic rings. The molecule has 2 rings (SSSR count). The molecular weight excluding hydrogens is 306 g/mol. The van der Waals surface area contributed by atoms with Gasteiger partial charge in [-0.25, -0.2) is 0 Å². The number of amides is 1. The number of nitrogens with zero attached hydrogens (tertiary/aromatic N) is 1. The predicted octanol–water partition coefficient (Wildman–Crippen LogP) is 2.15. The molecule has 1 aromatic heterocycles. The van der Waals surface area contributed by atoms with Gasteiger partial charge in [-0.15, -0.1) is 11.3 Å². The first kappa shape index (κ1) is 15.3. The van der Waals surface area contributed by atoms with Crippen molar-refractivity contribution in [2.24, 2.45) is 5.73 Å². The van der Waals surface area contributed by atoms with Crippen molar-refractivity contribution in [3.05, 3.63) is 52.2 Å². The first-order valence-corrected chi connectivity index (χ1v) is 7.45. The van der Waals surface area contributed by atoms with E-state index in [1.54, 1.807) is 18.5 Å². The zero-order valence-electron chi connectivity index (χ0n) is 11.4. The molecule has 0 radical (unpaired) electrons. The number of nitrogens with two attached hydrogens (primary N) is 1. The molecule has 0 spiro atoms. The monoisotopic (exact) mass is 321 g/mol. The van der Waals surface area contributed by atoms with Gasteiger partial charge < -0.3 is 10.5 Å². The lowest BCUT2D eigenvalue weighted by molar-refractivity contribution is 0.0888. The maximum Gasteiger partial charge on any atom is 0.283 e. The minimum absolute atomic E-state index is 0.0895. The smallest absolute Gasteiger partial charge is 0.283 e. The molecule has 1 aromatic carbocycles. The van der Waals surface area contributed by atoms with Gasteiger partial charge in [0.1, 0.15) is 17.2 Å². The summed E-state index contributed by atoms with van der Waals surface area (Å²) < 4.78 is 5.69. The number of hydrogen-bond donors (Lipinski definition) is 2. The van der Waals surface area contributed by atoms with Gasteiger partial charge in [-0.05, 0) is 29.2 Å². The van der Waals surface area contributed by atoms with Crippen molar-refractivity contribution in [1.82, 2.24) is 10.4 Å². The molecule has 0 fully saturated rings. The molecule has 0 atom stereocenters. The summed E-state index contributed by atoms with van der Waals surface area (Å²) in [6, 6.07) is 11.5. The highest BCUT2D eigenvalue weighted by molar-refractivity contribution is 7.80. The lowest BCUT2D eigenvalue weighted by atomic mass is 10.2. The molecule has 0 aliphatic carbocycles. The van der Waals surface area contributed by atoms with E-state index in [9.17, 15) is 4.79 Å². The van der Waals surface area contributed by atoms with Crippen LogP contribution >= 0.6 is 23.6 Å².